The predicted molar refractivity (Wildman–Crippen MR) is 95.6 cm³/mol. The Balaban J connectivity index is 1.72. The Morgan fingerprint density at radius 3 is 2.18 bits per heavy atom. The molecule has 0 amide bonds. The molecule has 0 radical (unpaired) electrons. The number of benzene rings is 2. The Hall–Kier alpha value is -2.34. The molecule has 1 aliphatic carbocycles. The summed E-state index contributed by atoms with van der Waals surface area (Å²) in [5.41, 5.74) is 5.71. The quantitative estimate of drug-likeness (QED) is 0.586. The van der Waals surface area contributed by atoms with E-state index in [0.29, 0.717) is 5.92 Å². The molecule has 0 heterocycles. The standard InChI is InChI=1S/C22H22/c1-2-9-21-20(15-14-18-10-5-3-6-11-18)16-17-22(21)19-12-7-4-8-13-19/h2-8,10-13,16-17,21H,1,9,14-15H2. The zero-order valence-electron chi connectivity index (χ0n) is 12.9. The fraction of sp³-hybridized carbons (Fsp3) is 0.182. The van der Waals surface area contributed by atoms with Crippen LogP contribution in [0.4, 0.5) is 0 Å². The van der Waals surface area contributed by atoms with Gasteiger partial charge in [0.05, 0.1) is 0 Å². The maximum atomic E-state index is 3.95. The molecule has 0 saturated carbocycles. The normalized spacial score (nSPS) is 17.0. The maximum absolute atomic E-state index is 3.95. The van der Waals surface area contributed by atoms with Crippen molar-refractivity contribution in [3.8, 4) is 0 Å². The molecule has 0 aromatic heterocycles. The second-order valence-corrected chi connectivity index (χ2v) is 5.79. The maximum Gasteiger partial charge on any atom is 0.00917 e. The SMILES string of the molecule is C=CCC1C(CCc2ccccc2)=CC=C1c1ccccc1. The largest absolute Gasteiger partial charge is 0.103 e. The van der Waals surface area contributed by atoms with Crippen LogP contribution in [0.5, 0.6) is 0 Å². The summed E-state index contributed by atoms with van der Waals surface area (Å²) in [5, 5.41) is 0. The first-order valence-corrected chi connectivity index (χ1v) is 7.99. The van der Waals surface area contributed by atoms with E-state index in [0.717, 1.165) is 19.3 Å². The van der Waals surface area contributed by atoms with E-state index in [1.807, 2.05) is 6.08 Å². The number of aryl methyl sites for hydroxylation is 1. The Kier molecular flexibility index (Phi) is 4.70. The minimum atomic E-state index is 0.489. The zero-order valence-corrected chi connectivity index (χ0v) is 12.9. The van der Waals surface area contributed by atoms with Crippen LogP contribution >= 0.6 is 0 Å². The fourth-order valence-electron chi connectivity index (χ4n) is 3.19. The van der Waals surface area contributed by atoms with Gasteiger partial charge in [-0.3, -0.25) is 0 Å². The van der Waals surface area contributed by atoms with Gasteiger partial charge < -0.3 is 0 Å². The Morgan fingerprint density at radius 1 is 0.818 bits per heavy atom. The van der Waals surface area contributed by atoms with Crippen molar-refractivity contribution in [3.63, 3.8) is 0 Å². The molecule has 1 unspecified atom stereocenters. The van der Waals surface area contributed by atoms with E-state index < -0.39 is 0 Å². The molecule has 0 spiro atoms. The molecule has 2 aromatic carbocycles. The van der Waals surface area contributed by atoms with Gasteiger partial charge in [0.15, 0.2) is 0 Å². The van der Waals surface area contributed by atoms with Crippen molar-refractivity contribution in [2.75, 3.05) is 0 Å². The number of rotatable bonds is 6. The van der Waals surface area contributed by atoms with Gasteiger partial charge >= 0.3 is 0 Å². The van der Waals surface area contributed by atoms with Crippen molar-refractivity contribution in [1.29, 1.82) is 0 Å². The highest BCUT2D eigenvalue weighted by Crippen LogP contribution is 2.38. The highest BCUT2D eigenvalue weighted by atomic mass is 14.3. The number of hydrogen-bond acceptors (Lipinski definition) is 0. The molecule has 0 nitrogen and oxygen atoms in total. The molecule has 0 saturated heterocycles. The Morgan fingerprint density at radius 2 is 1.50 bits per heavy atom. The lowest BCUT2D eigenvalue weighted by Gasteiger charge is -2.18. The van der Waals surface area contributed by atoms with E-state index in [4.69, 9.17) is 0 Å². The molecule has 0 N–H and O–H groups in total. The van der Waals surface area contributed by atoms with Crippen LogP contribution in [0.2, 0.25) is 0 Å². The van der Waals surface area contributed by atoms with Gasteiger partial charge in [0.1, 0.15) is 0 Å². The summed E-state index contributed by atoms with van der Waals surface area (Å²) in [4.78, 5) is 0. The smallest absolute Gasteiger partial charge is 0.00917 e. The zero-order chi connectivity index (χ0) is 15.2. The van der Waals surface area contributed by atoms with E-state index in [2.05, 4.69) is 79.4 Å². The molecule has 1 aliphatic rings. The van der Waals surface area contributed by atoms with Crippen LogP contribution in [0.25, 0.3) is 5.57 Å². The molecule has 22 heavy (non-hydrogen) atoms. The second-order valence-electron chi connectivity index (χ2n) is 5.79. The lowest BCUT2D eigenvalue weighted by Crippen LogP contribution is -2.04. The van der Waals surface area contributed by atoms with Gasteiger partial charge in [-0.2, -0.15) is 0 Å². The van der Waals surface area contributed by atoms with Crippen LogP contribution in [-0.2, 0) is 6.42 Å². The topological polar surface area (TPSA) is 0 Å². The van der Waals surface area contributed by atoms with Gasteiger partial charge in [-0.15, -0.1) is 6.58 Å². The third-order valence-corrected chi connectivity index (χ3v) is 4.35. The average Bonchev–Trinajstić information content (AvgIpc) is 2.98. The van der Waals surface area contributed by atoms with Gasteiger partial charge in [-0.05, 0) is 36.0 Å². The molecular formula is C22H22. The predicted octanol–water partition coefficient (Wildman–Crippen LogP) is 5.84. The van der Waals surface area contributed by atoms with Gasteiger partial charge in [0.25, 0.3) is 0 Å². The van der Waals surface area contributed by atoms with E-state index in [9.17, 15) is 0 Å². The van der Waals surface area contributed by atoms with Gasteiger partial charge in [0, 0.05) is 5.92 Å². The van der Waals surface area contributed by atoms with Crippen LogP contribution in [0.1, 0.15) is 24.0 Å². The van der Waals surface area contributed by atoms with Crippen molar-refractivity contribution in [3.05, 3.63) is 102 Å². The minimum absolute atomic E-state index is 0.489. The lowest BCUT2D eigenvalue weighted by atomic mass is 9.86. The third-order valence-electron chi connectivity index (χ3n) is 4.35. The molecule has 0 aliphatic heterocycles. The van der Waals surface area contributed by atoms with Crippen LogP contribution in [0, 0.1) is 5.92 Å². The summed E-state index contributed by atoms with van der Waals surface area (Å²) in [6.45, 7) is 3.95. The van der Waals surface area contributed by atoms with Gasteiger partial charge in [-0.1, -0.05) is 84.5 Å². The van der Waals surface area contributed by atoms with Crippen LogP contribution in [-0.4, -0.2) is 0 Å². The van der Waals surface area contributed by atoms with Crippen molar-refractivity contribution < 1.29 is 0 Å². The first-order chi connectivity index (χ1) is 10.9. The van der Waals surface area contributed by atoms with E-state index >= 15 is 0 Å². The molecule has 1 atom stereocenters. The summed E-state index contributed by atoms with van der Waals surface area (Å²) in [7, 11) is 0. The molecule has 0 bridgehead atoms. The van der Waals surface area contributed by atoms with Crippen LogP contribution < -0.4 is 0 Å². The van der Waals surface area contributed by atoms with E-state index in [1.165, 1.54) is 22.3 Å². The third kappa shape index (κ3) is 3.28. The summed E-state index contributed by atoms with van der Waals surface area (Å²) < 4.78 is 0. The van der Waals surface area contributed by atoms with Crippen molar-refractivity contribution in [1.82, 2.24) is 0 Å². The first-order valence-electron chi connectivity index (χ1n) is 7.99. The van der Waals surface area contributed by atoms with Gasteiger partial charge in [0.2, 0.25) is 0 Å². The lowest BCUT2D eigenvalue weighted by molar-refractivity contribution is 0.745. The van der Waals surface area contributed by atoms with Gasteiger partial charge in [-0.25, -0.2) is 0 Å². The molecule has 0 heteroatoms. The Bertz CT molecular complexity index is 674. The van der Waals surface area contributed by atoms with E-state index in [1.54, 1.807) is 0 Å². The summed E-state index contributed by atoms with van der Waals surface area (Å²) in [6.07, 6.45) is 9.90. The van der Waals surface area contributed by atoms with Crippen molar-refractivity contribution in [2.45, 2.75) is 19.3 Å². The number of allylic oxidation sites excluding steroid dienone is 5. The summed E-state index contributed by atoms with van der Waals surface area (Å²) in [5.74, 6) is 0.489. The Labute approximate surface area is 133 Å². The number of hydrogen-bond donors (Lipinski definition) is 0. The van der Waals surface area contributed by atoms with Crippen LogP contribution in [0.15, 0.2) is 91.0 Å². The van der Waals surface area contributed by atoms with E-state index in [-0.39, 0.29) is 0 Å². The highest BCUT2D eigenvalue weighted by Gasteiger charge is 2.22. The molecule has 0 fully saturated rings. The second kappa shape index (κ2) is 7.09. The minimum Gasteiger partial charge on any atom is -0.103 e. The molecule has 3 rings (SSSR count). The molecule has 2 aromatic rings. The highest BCUT2D eigenvalue weighted by molar-refractivity contribution is 5.74. The van der Waals surface area contributed by atoms with Crippen LogP contribution in [0.3, 0.4) is 0 Å². The molecule has 110 valence electrons. The average molecular weight is 286 g/mol. The summed E-state index contributed by atoms with van der Waals surface area (Å²) >= 11 is 0. The first kappa shape index (κ1) is 14.6. The monoisotopic (exact) mass is 286 g/mol. The molecular weight excluding hydrogens is 264 g/mol. The van der Waals surface area contributed by atoms with Crippen molar-refractivity contribution in [2.24, 2.45) is 5.92 Å². The summed E-state index contributed by atoms with van der Waals surface area (Å²) in [6, 6.07) is 21.4. The fourth-order valence-corrected chi connectivity index (χ4v) is 3.19. The van der Waals surface area contributed by atoms with Crippen molar-refractivity contribution >= 4 is 5.57 Å².